The molecule has 1 atom stereocenters. The van der Waals surface area contributed by atoms with Crippen molar-refractivity contribution in [1.82, 2.24) is 9.97 Å². The number of piperazine rings is 1. The summed E-state index contributed by atoms with van der Waals surface area (Å²) in [6.07, 6.45) is 0. The van der Waals surface area contributed by atoms with Gasteiger partial charge < -0.3 is 15.2 Å². The van der Waals surface area contributed by atoms with Crippen LogP contribution in [-0.2, 0) is 0 Å². The SMILES string of the molecule is C[C@@H](c1nc2cc(Cl)ccc2c(=O)[nH]1)[NH+]1CC[NH2+]CC1. The molecule has 6 heteroatoms. The Labute approximate surface area is 122 Å². The number of aromatic amines is 1. The van der Waals surface area contributed by atoms with Crippen molar-refractivity contribution in [1.29, 1.82) is 0 Å². The van der Waals surface area contributed by atoms with Gasteiger partial charge in [0.1, 0.15) is 32.2 Å². The predicted molar refractivity (Wildman–Crippen MR) is 78.1 cm³/mol. The maximum atomic E-state index is 12.1. The number of quaternary nitrogens is 2. The monoisotopic (exact) mass is 294 g/mol. The number of benzene rings is 1. The van der Waals surface area contributed by atoms with Crippen molar-refractivity contribution in [3.8, 4) is 0 Å². The first-order valence-corrected chi connectivity index (χ1v) is 7.38. The Kier molecular flexibility index (Phi) is 3.74. The zero-order valence-corrected chi connectivity index (χ0v) is 12.2. The molecule has 4 N–H and O–H groups in total. The van der Waals surface area contributed by atoms with Gasteiger partial charge in [-0.2, -0.15) is 0 Å². The molecule has 2 aromatic rings. The molecule has 0 aliphatic carbocycles. The summed E-state index contributed by atoms with van der Waals surface area (Å²) in [5.74, 6) is 0.752. The second-order valence-corrected chi connectivity index (χ2v) is 5.80. The fourth-order valence-corrected chi connectivity index (χ4v) is 2.97. The van der Waals surface area contributed by atoms with Crippen LogP contribution in [0.1, 0.15) is 18.8 Å². The molecular weight excluding hydrogens is 276 g/mol. The summed E-state index contributed by atoms with van der Waals surface area (Å²) < 4.78 is 0. The average molecular weight is 295 g/mol. The van der Waals surface area contributed by atoms with Gasteiger partial charge in [0, 0.05) is 5.02 Å². The van der Waals surface area contributed by atoms with Gasteiger partial charge in [-0.25, -0.2) is 4.98 Å². The summed E-state index contributed by atoms with van der Waals surface area (Å²) in [6.45, 7) is 6.57. The number of aromatic nitrogens is 2. The van der Waals surface area contributed by atoms with Crippen molar-refractivity contribution < 1.29 is 10.2 Å². The van der Waals surface area contributed by atoms with Crippen LogP contribution < -0.4 is 15.8 Å². The fraction of sp³-hybridized carbons (Fsp3) is 0.429. The lowest BCUT2D eigenvalue weighted by atomic mass is 10.2. The van der Waals surface area contributed by atoms with Gasteiger partial charge >= 0.3 is 0 Å². The van der Waals surface area contributed by atoms with Crippen LogP contribution in [0.2, 0.25) is 5.02 Å². The molecule has 5 nitrogen and oxygen atoms in total. The third kappa shape index (κ3) is 2.57. The standard InChI is InChI=1S/C14H17ClN4O/c1-9(19-6-4-16-5-7-19)13-17-12-8-10(15)2-3-11(12)14(20)18-13/h2-3,8-9,16H,4-7H2,1H3,(H,17,18,20)/p+2/t9-/m0/s1. The zero-order valence-electron chi connectivity index (χ0n) is 11.4. The molecule has 0 radical (unpaired) electrons. The van der Waals surface area contributed by atoms with Crippen LogP contribution >= 0.6 is 11.6 Å². The summed E-state index contributed by atoms with van der Waals surface area (Å²) in [7, 11) is 0. The molecule has 0 amide bonds. The highest BCUT2D eigenvalue weighted by atomic mass is 35.5. The van der Waals surface area contributed by atoms with Gasteiger partial charge in [-0.1, -0.05) is 11.6 Å². The number of nitrogens with zero attached hydrogens (tertiary/aromatic N) is 1. The van der Waals surface area contributed by atoms with Gasteiger partial charge in [0.05, 0.1) is 10.9 Å². The second-order valence-electron chi connectivity index (χ2n) is 5.36. The quantitative estimate of drug-likeness (QED) is 0.672. The number of nitrogens with one attached hydrogen (secondary N) is 2. The van der Waals surface area contributed by atoms with E-state index in [1.165, 1.54) is 4.90 Å². The molecule has 1 aromatic heterocycles. The molecule has 0 unspecified atom stereocenters. The minimum Gasteiger partial charge on any atom is -0.337 e. The zero-order chi connectivity index (χ0) is 14.1. The lowest BCUT2D eigenvalue weighted by Gasteiger charge is -2.27. The van der Waals surface area contributed by atoms with Crippen molar-refractivity contribution in [3.63, 3.8) is 0 Å². The topological polar surface area (TPSA) is 66.8 Å². The largest absolute Gasteiger partial charge is 0.337 e. The van der Waals surface area contributed by atoms with Crippen LogP contribution in [0.3, 0.4) is 0 Å². The third-order valence-corrected chi connectivity index (χ3v) is 4.28. The summed E-state index contributed by atoms with van der Waals surface area (Å²) in [5.41, 5.74) is 0.586. The molecule has 3 rings (SSSR count). The number of nitrogens with two attached hydrogens (primary N) is 1. The fourth-order valence-electron chi connectivity index (χ4n) is 2.81. The Morgan fingerprint density at radius 3 is 2.90 bits per heavy atom. The smallest absolute Gasteiger partial charge is 0.258 e. The summed E-state index contributed by atoms with van der Waals surface area (Å²) >= 11 is 5.99. The first kappa shape index (κ1) is 13.5. The Hall–Kier alpha value is -1.43. The van der Waals surface area contributed by atoms with E-state index < -0.39 is 0 Å². The first-order chi connectivity index (χ1) is 9.65. The molecule has 1 aliphatic rings. The van der Waals surface area contributed by atoms with E-state index in [0.717, 1.165) is 32.0 Å². The highest BCUT2D eigenvalue weighted by Crippen LogP contribution is 2.15. The number of rotatable bonds is 2. The van der Waals surface area contributed by atoms with Crippen LogP contribution in [-0.4, -0.2) is 36.1 Å². The van der Waals surface area contributed by atoms with Crippen molar-refractivity contribution in [3.05, 3.63) is 39.4 Å². The molecule has 0 bridgehead atoms. The van der Waals surface area contributed by atoms with Crippen LogP contribution in [0.5, 0.6) is 0 Å². The summed E-state index contributed by atoms with van der Waals surface area (Å²) in [4.78, 5) is 21.1. The summed E-state index contributed by atoms with van der Waals surface area (Å²) in [5, 5.41) is 3.52. The molecule has 0 saturated carbocycles. The maximum Gasteiger partial charge on any atom is 0.258 e. The van der Waals surface area contributed by atoms with E-state index in [1.807, 2.05) is 0 Å². The molecular formula is C14H19ClN4O+2. The van der Waals surface area contributed by atoms with Crippen LogP contribution in [0.15, 0.2) is 23.0 Å². The Balaban J connectivity index is 2.00. The number of hydrogen-bond acceptors (Lipinski definition) is 2. The summed E-state index contributed by atoms with van der Waals surface area (Å²) in [6, 6.07) is 5.39. The normalized spacial score (nSPS) is 18.3. The van der Waals surface area contributed by atoms with E-state index in [2.05, 4.69) is 22.2 Å². The molecule has 1 saturated heterocycles. The average Bonchev–Trinajstić information content (AvgIpc) is 2.46. The number of halogens is 1. The van der Waals surface area contributed by atoms with Crippen molar-refractivity contribution in [2.75, 3.05) is 26.2 Å². The van der Waals surface area contributed by atoms with E-state index >= 15 is 0 Å². The third-order valence-electron chi connectivity index (χ3n) is 4.05. The van der Waals surface area contributed by atoms with Crippen LogP contribution in [0.4, 0.5) is 0 Å². The minimum atomic E-state index is -0.0866. The van der Waals surface area contributed by atoms with Crippen LogP contribution in [0.25, 0.3) is 10.9 Å². The molecule has 20 heavy (non-hydrogen) atoms. The van der Waals surface area contributed by atoms with Crippen molar-refractivity contribution in [2.45, 2.75) is 13.0 Å². The Morgan fingerprint density at radius 1 is 1.40 bits per heavy atom. The van der Waals surface area contributed by atoms with E-state index in [9.17, 15) is 4.79 Å². The molecule has 1 aromatic carbocycles. The molecule has 1 fully saturated rings. The highest BCUT2D eigenvalue weighted by Gasteiger charge is 2.25. The Morgan fingerprint density at radius 2 is 2.15 bits per heavy atom. The molecule has 1 aliphatic heterocycles. The maximum absolute atomic E-state index is 12.1. The molecule has 2 heterocycles. The number of hydrogen-bond donors (Lipinski definition) is 3. The predicted octanol–water partition coefficient (Wildman–Crippen LogP) is -0.901. The van der Waals surface area contributed by atoms with E-state index in [0.29, 0.717) is 15.9 Å². The highest BCUT2D eigenvalue weighted by molar-refractivity contribution is 6.31. The lowest BCUT2D eigenvalue weighted by Crippen LogP contribution is -3.20. The Bertz CT molecular complexity index is 678. The van der Waals surface area contributed by atoms with Gasteiger partial charge in [-0.3, -0.25) is 4.79 Å². The minimum absolute atomic E-state index is 0.0866. The van der Waals surface area contributed by atoms with E-state index in [4.69, 9.17) is 11.6 Å². The number of fused-ring (bicyclic) bond motifs is 1. The lowest BCUT2D eigenvalue weighted by molar-refractivity contribution is -0.971. The van der Waals surface area contributed by atoms with Gasteiger partial charge in [0.25, 0.3) is 5.56 Å². The molecule has 0 spiro atoms. The van der Waals surface area contributed by atoms with Crippen molar-refractivity contribution in [2.24, 2.45) is 0 Å². The van der Waals surface area contributed by atoms with E-state index in [-0.39, 0.29) is 11.6 Å². The van der Waals surface area contributed by atoms with E-state index in [1.54, 1.807) is 18.2 Å². The molecule has 106 valence electrons. The van der Waals surface area contributed by atoms with Gasteiger partial charge in [0.2, 0.25) is 0 Å². The van der Waals surface area contributed by atoms with Crippen molar-refractivity contribution >= 4 is 22.5 Å². The first-order valence-electron chi connectivity index (χ1n) is 7.01. The van der Waals surface area contributed by atoms with Gasteiger partial charge in [-0.15, -0.1) is 0 Å². The second kappa shape index (κ2) is 5.52. The number of H-pyrrole nitrogens is 1. The van der Waals surface area contributed by atoms with Gasteiger partial charge in [-0.05, 0) is 25.1 Å². The van der Waals surface area contributed by atoms with Crippen LogP contribution in [0, 0.1) is 0 Å². The van der Waals surface area contributed by atoms with Gasteiger partial charge in [0.15, 0.2) is 5.82 Å².